The van der Waals surface area contributed by atoms with E-state index in [9.17, 15) is 15.2 Å². The van der Waals surface area contributed by atoms with Gasteiger partial charge in [-0.2, -0.15) is 0 Å². The quantitative estimate of drug-likeness (QED) is 0.618. The molecule has 0 bridgehead atoms. The molecule has 20 heavy (non-hydrogen) atoms. The zero-order chi connectivity index (χ0) is 13.8. The third-order valence-corrected chi connectivity index (χ3v) is 5.73. The molecule has 1 saturated heterocycles. The first-order valence-electron chi connectivity index (χ1n) is 6.12. The van der Waals surface area contributed by atoms with E-state index in [1.807, 2.05) is 6.92 Å². The van der Waals surface area contributed by atoms with Crippen LogP contribution in [0.2, 0.25) is 0 Å². The average molecular weight is 359 g/mol. The summed E-state index contributed by atoms with van der Waals surface area (Å²) in [6, 6.07) is 4.79. The molecular formula is C13H15BrN2O3S. The summed E-state index contributed by atoms with van der Waals surface area (Å²) in [5, 5.41) is 22.9. The average Bonchev–Trinajstić information content (AvgIpc) is 2.80. The SMILES string of the molecule is Br.CN=C1SC2Cc3ccc([N+](=O)[O-])cc3C2(O)C1C. The molecule has 1 aromatic rings. The first-order chi connectivity index (χ1) is 8.98. The Morgan fingerprint density at radius 2 is 2.25 bits per heavy atom. The molecule has 0 radical (unpaired) electrons. The van der Waals surface area contributed by atoms with Crippen LogP contribution in [0.1, 0.15) is 18.1 Å². The lowest BCUT2D eigenvalue weighted by molar-refractivity contribution is -0.385. The summed E-state index contributed by atoms with van der Waals surface area (Å²) in [6.45, 7) is 1.93. The number of rotatable bonds is 1. The zero-order valence-corrected chi connectivity index (χ0v) is 13.6. The van der Waals surface area contributed by atoms with Crippen LogP contribution in [0.5, 0.6) is 0 Å². The van der Waals surface area contributed by atoms with Crippen molar-refractivity contribution >= 4 is 39.5 Å². The minimum absolute atomic E-state index is 0. The Morgan fingerprint density at radius 3 is 2.85 bits per heavy atom. The zero-order valence-electron chi connectivity index (χ0n) is 11.1. The van der Waals surface area contributed by atoms with Crippen LogP contribution in [0, 0.1) is 16.0 Å². The van der Waals surface area contributed by atoms with Crippen molar-refractivity contribution < 1.29 is 10.0 Å². The first-order valence-corrected chi connectivity index (χ1v) is 7.00. The highest BCUT2D eigenvalue weighted by molar-refractivity contribution is 8.93. The monoisotopic (exact) mass is 358 g/mol. The fourth-order valence-corrected chi connectivity index (χ4v) is 4.64. The lowest BCUT2D eigenvalue weighted by Crippen LogP contribution is -2.36. The Balaban J connectivity index is 0.00000147. The van der Waals surface area contributed by atoms with Gasteiger partial charge < -0.3 is 5.11 Å². The summed E-state index contributed by atoms with van der Waals surface area (Å²) in [7, 11) is 1.72. The van der Waals surface area contributed by atoms with Crippen molar-refractivity contribution in [3.63, 3.8) is 0 Å². The maximum absolute atomic E-state index is 11.0. The second-order valence-corrected chi connectivity index (χ2v) is 6.24. The van der Waals surface area contributed by atoms with Gasteiger partial charge in [-0.1, -0.05) is 13.0 Å². The Morgan fingerprint density at radius 1 is 1.55 bits per heavy atom. The third-order valence-electron chi connectivity index (χ3n) is 4.15. The molecule has 108 valence electrons. The summed E-state index contributed by atoms with van der Waals surface area (Å²) in [5.41, 5.74) is 0.714. The number of benzene rings is 1. The fraction of sp³-hybridized carbons (Fsp3) is 0.462. The Kier molecular flexibility index (Phi) is 3.96. The summed E-state index contributed by atoms with van der Waals surface area (Å²) in [5.74, 6) is -0.115. The highest BCUT2D eigenvalue weighted by atomic mass is 79.9. The van der Waals surface area contributed by atoms with Crippen molar-refractivity contribution in [2.45, 2.75) is 24.2 Å². The Hall–Kier alpha value is -0.920. The molecule has 1 heterocycles. The van der Waals surface area contributed by atoms with Gasteiger partial charge in [0.1, 0.15) is 5.60 Å². The van der Waals surface area contributed by atoms with Gasteiger partial charge >= 0.3 is 0 Å². The van der Waals surface area contributed by atoms with Crippen LogP contribution in [0.25, 0.3) is 0 Å². The predicted octanol–water partition coefficient (Wildman–Crippen LogP) is 2.70. The smallest absolute Gasteiger partial charge is 0.269 e. The number of nitrogens with zero attached hydrogens (tertiary/aromatic N) is 2. The molecule has 2 aliphatic rings. The molecule has 1 N–H and O–H groups in total. The number of thioether (sulfide) groups is 1. The molecule has 3 unspecified atom stereocenters. The van der Waals surface area contributed by atoms with Crippen LogP contribution in [-0.4, -0.2) is 27.4 Å². The highest BCUT2D eigenvalue weighted by Gasteiger charge is 2.56. The molecule has 0 saturated carbocycles. The summed E-state index contributed by atoms with van der Waals surface area (Å²) < 4.78 is 0. The van der Waals surface area contributed by atoms with E-state index in [0.717, 1.165) is 17.0 Å². The maximum atomic E-state index is 11.0. The van der Waals surface area contributed by atoms with E-state index in [1.165, 1.54) is 12.1 Å². The Labute approximate surface area is 131 Å². The van der Waals surface area contributed by atoms with E-state index in [4.69, 9.17) is 0 Å². The predicted molar refractivity (Wildman–Crippen MR) is 84.9 cm³/mol. The minimum Gasteiger partial charge on any atom is -0.383 e. The van der Waals surface area contributed by atoms with Crippen LogP contribution in [0.4, 0.5) is 5.69 Å². The van der Waals surface area contributed by atoms with Crippen molar-refractivity contribution in [3.05, 3.63) is 39.4 Å². The third kappa shape index (κ3) is 1.91. The molecule has 0 amide bonds. The molecule has 3 atom stereocenters. The van der Waals surface area contributed by atoms with Crippen molar-refractivity contribution in [2.24, 2.45) is 10.9 Å². The molecule has 1 aromatic carbocycles. The van der Waals surface area contributed by atoms with E-state index in [-0.39, 0.29) is 33.8 Å². The van der Waals surface area contributed by atoms with Crippen LogP contribution >= 0.6 is 28.7 Å². The van der Waals surface area contributed by atoms with Gasteiger partial charge in [-0.25, -0.2) is 0 Å². The maximum Gasteiger partial charge on any atom is 0.269 e. The van der Waals surface area contributed by atoms with E-state index in [2.05, 4.69) is 4.99 Å². The van der Waals surface area contributed by atoms with Crippen LogP contribution in [0.3, 0.4) is 0 Å². The number of aliphatic imine (C=N–C) groups is 1. The van der Waals surface area contributed by atoms with Crippen LogP contribution in [0.15, 0.2) is 23.2 Å². The number of hydrogen-bond donors (Lipinski definition) is 1. The van der Waals surface area contributed by atoms with Crippen LogP contribution < -0.4 is 0 Å². The number of nitro benzene ring substituents is 1. The molecule has 0 spiro atoms. The second-order valence-electron chi connectivity index (χ2n) is 5.02. The number of aliphatic hydroxyl groups is 1. The van der Waals surface area contributed by atoms with Gasteiger partial charge in [0.25, 0.3) is 5.69 Å². The number of halogens is 1. The summed E-state index contributed by atoms with van der Waals surface area (Å²) >= 11 is 1.59. The molecule has 1 fully saturated rings. The standard InChI is InChI=1S/C13H14N2O3S.BrH/c1-7-12(14-2)19-11-5-8-3-4-9(15(17)18)6-10(8)13(7,11)16;/h3-4,6-7,11,16H,5H2,1-2H3;1H. The lowest BCUT2D eigenvalue weighted by atomic mass is 9.84. The molecule has 3 rings (SSSR count). The normalized spacial score (nSPS) is 32.6. The molecular weight excluding hydrogens is 344 g/mol. The largest absolute Gasteiger partial charge is 0.383 e. The lowest BCUT2D eigenvalue weighted by Gasteiger charge is -2.27. The number of nitro groups is 1. The van der Waals surface area contributed by atoms with Crippen molar-refractivity contribution in [1.82, 2.24) is 0 Å². The van der Waals surface area contributed by atoms with Gasteiger partial charge in [0.05, 0.1) is 9.97 Å². The minimum atomic E-state index is -1.03. The van der Waals surface area contributed by atoms with Gasteiger partial charge in [0, 0.05) is 30.3 Å². The van der Waals surface area contributed by atoms with E-state index in [0.29, 0.717) is 5.56 Å². The highest BCUT2D eigenvalue weighted by Crippen LogP contribution is 2.55. The molecule has 0 aromatic heterocycles. The number of fused-ring (bicyclic) bond motifs is 3. The first kappa shape index (κ1) is 15.5. The number of hydrogen-bond acceptors (Lipinski definition) is 5. The molecule has 1 aliphatic carbocycles. The summed E-state index contributed by atoms with van der Waals surface area (Å²) in [6.07, 6.45) is 0.734. The molecule has 5 nitrogen and oxygen atoms in total. The van der Waals surface area contributed by atoms with Gasteiger partial charge in [-0.3, -0.25) is 15.1 Å². The van der Waals surface area contributed by atoms with E-state index >= 15 is 0 Å². The van der Waals surface area contributed by atoms with Crippen molar-refractivity contribution in [3.8, 4) is 0 Å². The van der Waals surface area contributed by atoms with Gasteiger partial charge in [0.15, 0.2) is 0 Å². The van der Waals surface area contributed by atoms with E-state index in [1.54, 1.807) is 24.9 Å². The molecule has 1 aliphatic heterocycles. The van der Waals surface area contributed by atoms with E-state index < -0.39 is 10.5 Å². The number of non-ortho nitro benzene ring substituents is 1. The van der Waals surface area contributed by atoms with Gasteiger partial charge in [-0.05, 0) is 17.5 Å². The van der Waals surface area contributed by atoms with Gasteiger partial charge in [-0.15, -0.1) is 28.7 Å². The summed E-state index contributed by atoms with van der Waals surface area (Å²) in [4.78, 5) is 14.7. The fourth-order valence-electron chi connectivity index (χ4n) is 3.08. The van der Waals surface area contributed by atoms with Gasteiger partial charge in [0.2, 0.25) is 0 Å². The van der Waals surface area contributed by atoms with Crippen LogP contribution in [-0.2, 0) is 12.0 Å². The van der Waals surface area contributed by atoms with Crippen molar-refractivity contribution in [1.29, 1.82) is 0 Å². The van der Waals surface area contributed by atoms with Crippen molar-refractivity contribution in [2.75, 3.05) is 7.05 Å². The Bertz CT molecular complexity index is 607. The molecule has 7 heteroatoms. The topological polar surface area (TPSA) is 75.7 Å². The second kappa shape index (κ2) is 5.13.